The Balaban J connectivity index is 0.595. The molecule has 0 radical (unpaired) electrons. The Bertz CT molecular complexity index is 4870. The van der Waals surface area contributed by atoms with Gasteiger partial charge in [0.2, 0.25) is 82.7 Å². The molecule has 13 rings (SSSR count). The van der Waals surface area contributed by atoms with Gasteiger partial charge in [0.05, 0.1) is 89.4 Å². The van der Waals surface area contributed by atoms with Crippen LogP contribution in [0.25, 0.3) is 21.5 Å². The van der Waals surface area contributed by atoms with Gasteiger partial charge in [-0.15, -0.1) is 0 Å². The average molecular weight is 1790 g/mol. The Morgan fingerprint density at radius 3 is 1.20 bits per heavy atom. The quantitative estimate of drug-likeness (QED) is 0.0252. The minimum atomic E-state index is -0.868. The number of benzene rings is 5. The van der Waals surface area contributed by atoms with E-state index < -0.39 is 143 Å². The smallest absolute Gasteiger partial charge is 0.226 e. The molecule has 5 aliphatic heterocycles. The van der Waals surface area contributed by atoms with Crippen molar-refractivity contribution in [3.05, 3.63) is 126 Å². The van der Waals surface area contributed by atoms with E-state index in [4.69, 9.17) is 5.73 Å². The van der Waals surface area contributed by atoms with Gasteiger partial charge in [-0.2, -0.15) is 0 Å². The molecule has 3 saturated carbocycles. The number of amides is 14. The molecule has 5 heterocycles. The van der Waals surface area contributed by atoms with Gasteiger partial charge in [0.25, 0.3) is 0 Å². The molecule has 0 spiro atoms. The second kappa shape index (κ2) is 45.6. The van der Waals surface area contributed by atoms with Crippen LogP contribution in [0.2, 0.25) is 0 Å². The molecule has 130 heavy (non-hydrogen) atoms. The van der Waals surface area contributed by atoms with Crippen LogP contribution in [0.1, 0.15) is 135 Å². The van der Waals surface area contributed by atoms with Gasteiger partial charge in [0, 0.05) is 141 Å². The van der Waals surface area contributed by atoms with E-state index in [9.17, 15) is 72.2 Å². The molecule has 5 saturated heterocycles. The number of fused-ring (bicyclic) bond motifs is 2. The second-order valence-corrected chi connectivity index (χ2v) is 38.1. The van der Waals surface area contributed by atoms with Crippen molar-refractivity contribution in [1.29, 1.82) is 0 Å². The Morgan fingerprint density at radius 2 is 0.746 bits per heavy atom. The predicted octanol–water partition coefficient (Wildman–Crippen LogP) is 0.399. The van der Waals surface area contributed by atoms with Crippen LogP contribution in [-0.4, -0.2) is 233 Å². The highest BCUT2D eigenvalue weighted by molar-refractivity contribution is 5.92. The summed E-state index contributed by atoms with van der Waals surface area (Å²) in [5.41, 5.74) is 8.12. The first kappa shape index (κ1) is 96.4. The molecule has 5 aromatic rings. The van der Waals surface area contributed by atoms with Crippen LogP contribution in [0.5, 0.6) is 5.75 Å². The van der Waals surface area contributed by atoms with Gasteiger partial charge in [-0.3, -0.25) is 67.1 Å². The summed E-state index contributed by atoms with van der Waals surface area (Å²) >= 11 is 0. The van der Waals surface area contributed by atoms with Crippen LogP contribution < -0.4 is 101 Å². The Hall–Kier alpha value is -11.2. The molecule has 0 bridgehead atoms. The van der Waals surface area contributed by atoms with E-state index in [1.807, 2.05) is 113 Å². The SMILES string of the molecule is CC(=O)NC1CCCC1C(=O)N[C@H](CC(=O)NC1CCCC1C(=O)NC[C@H](CC(C)C)C(=O)NC1CNCC1C(=O)NC1CNCC1C(=O)N[C@H](CC(=O)NC1CCCC1C(=O)NC[C@@H](Cc1ccc(O)cc1)C(=O)NC1CNCC1C(=O)NC1CNCC1C(=O)N[C@H](CC(=O)NC1CNCC1C(N)=O)C(C)C)Cc1cccc2ccccc12)Cc1cccc2ccccc12. The number of carbonyl (C=O) groups excluding carboxylic acids is 14. The van der Waals surface area contributed by atoms with E-state index in [1.54, 1.807) is 12.1 Å². The van der Waals surface area contributed by atoms with E-state index >= 15 is 0 Å². The van der Waals surface area contributed by atoms with Crippen LogP contribution in [0, 0.1) is 71.0 Å². The van der Waals surface area contributed by atoms with Crippen molar-refractivity contribution < 1.29 is 72.2 Å². The van der Waals surface area contributed by atoms with E-state index in [2.05, 4.69) is 95.7 Å². The number of nitrogens with one attached hydrogen (secondary N) is 18. The van der Waals surface area contributed by atoms with Crippen molar-refractivity contribution in [1.82, 2.24) is 95.7 Å². The lowest BCUT2D eigenvalue weighted by Crippen LogP contribution is -2.54. The predicted molar refractivity (Wildman–Crippen MR) is 488 cm³/mol. The lowest BCUT2D eigenvalue weighted by molar-refractivity contribution is -0.132. The number of nitrogens with two attached hydrogens (primary N) is 1. The normalized spacial score (nSPS) is 26.4. The zero-order valence-electron chi connectivity index (χ0n) is 75.2. The molecule has 34 heteroatoms. The summed E-state index contributed by atoms with van der Waals surface area (Å²) < 4.78 is 0. The van der Waals surface area contributed by atoms with E-state index in [-0.39, 0.29) is 174 Å². The molecule has 8 aliphatic rings. The molecule has 8 fully saturated rings. The summed E-state index contributed by atoms with van der Waals surface area (Å²) in [6.45, 7) is 11.8. The summed E-state index contributed by atoms with van der Waals surface area (Å²) in [5.74, 6) is -11.8. The number of hydrogen-bond acceptors (Lipinski definition) is 20. The number of hydrogen-bond donors (Lipinski definition) is 20. The van der Waals surface area contributed by atoms with Crippen molar-refractivity contribution in [3.63, 3.8) is 0 Å². The van der Waals surface area contributed by atoms with Gasteiger partial charge >= 0.3 is 0 Å². The van der Waals surface area contributed by atoms with Crippen molar-refractivity contribution in [3.8, 4) is 5.75 Å². The lowest BCUT2D eigenvalue weighted by Gasteiger charge is -2.28. The highest BCUT2D eigenvalue weighted by Crippen LogP contribution is 2.32. The molecule has 702 valence electrons. The summed E-state index contributed by atoms with van der Waals surface area (Å²) in [7, 11) is 0. The molecule has 16 unspecified atom stereocenters. The number of carbonyl (C=O) groups is 14. The van der Waals surface area contributed by atoms with Crippen LogP contribution in [0.4, 0.5) is 0 Å². The van der Waals surface area contributed by atoms with Crippen LogP contribution in [0.15, 0.2) is 109 Å². The fraction of sp³-hybridized carbons (Fsp3) is 0.583. The van der Waals surface area contributed by atoms with Crippen molar-refractivity contribution >= 4 is 104 Å². The maximum absolute atomic E-state index is 14.9. The maximum Gasteiger partial charge on any atom is 0.226 e. The zero-order valence-corrected chi connectivity index (χ0v) is 75.2. The standard InChI is InChI=1S/C96H133N19O15/c1-52(2)33-60(40-103-90(124)67-23-12-27-76(67)108-84(118)37-62(35-58-19-10-17-56-15-6-8-21-65(56)58)106-92(126)69-25-14-26-75(69)105-54(5)116)88(122)112-80-48-100-44-72(80)95(129)114-82-50-99-43-71(82)93(127)107-63(36-59-20-11-18-57-16-7-9-22-66(57)59)38-85(119)109-77-28-13-24-68(77)91(125)104-41-61(34-55-29-31-64(117)32-30-55)89(123)113-81-49-101-45-73(81)96(130)115-83-51-102-46-74(83)94(128)111-78(53(3)4)39-86(120)110-79-47-98-42-70(79)87(97)121/h6-11,15-22,29-32,52-53,60-63,67-83,98-102,117H,12-14,23-28,33-51H2,1-5H3,(H2,97,121)(H,103,124)(H,104,125)(H,105,116)(H,106,126)(H,107,127)(H,108,118)(H,109,119)(H,110,120)(H,111,128)(H,112,122)(H,113,123)(H,114,129)(H,115,130)/t60-,61+,62-,63-,67?,68?,69?,70?,71?,72?,73?,74?,75?,76?,77?,78+,79?,80?,81?,82?,83?/m0/s1. The molecule has 5 aromatic carbocycles. The summed E-state index contributed by atoms with van der Waals surface area (Å²) in [6.07, 6.45) is 6.27. The molecule has 14 amide bonds. The topological polar surface area (TPSA) is 502 Å². The highest BCUT2D eigenvalue weighted by Gasteiger charge is 2.46. The van der Waals surface area contributed by atoms with Crippen LogP contribution in [0.3, 0.4) is 0 Å². The third kappa shape index (κ3) is 25.7. The largest absolute Gasteiger partial charge is 0.508 e. The summed E-state index contributed by atoms with van der Waals surface area (Å²) in [6, 6.07) is 27.6. The maximum atomic E-state index is 14.9. The van der Waals surface area contributed by atoms with E-state index in [1.165, 1.54) is 19.1 Å². The number of phenols is 1. The molecule has 21 atom stereocenters. The molecular weight excluding hydrogens is 1660 g/mol. The van der Waals surface area contributed by atoms with Crippen molar-refractivity contribution in [2.75, 3.05) is 78.5 Å². The Labute approximate surface area is 759 Å². The zero-order chi connectivity index (χ0) is 92.2. The third-order valence-corrected chi connectivity index (χ3v) is 27.8. The van der Waals surface area contributed by atoms with Crippen LogP contribution >= 0.6 is 0 Å². The fourth-order valence-corrected chi connectivity index (χ4v) is 20.7. The fourth-order valence-electron chi connectivity index (χ4n) is 20.7. The minimum absolute atomic E-state index is 0.00993. The highest BCUT2D eigenvalue weighted by atomic mass is 16.3. The molecule has 3 aliphatic carbocycles. The van der Waals surface area contributed by atoms with Gasteiger partial charge < -0.3 is 107 Å². The van der Waals surface area contributed by atoms with Crippen molar-refractivity contribution in [2.45, 2.75) is 204 Å². The van der Waals surface area contributed by atoms with Gasteiger partial charge in [-0.05, 0) is 126 Å². The lowest BCUT2D eigenvalue weighted by atomic mass is 9.93. The van der Waals surface area contributed by atoms with Gasteiger partial charge in [0.1, 0.15) is 5.75 Å². The number of primary amides is 1. The van der Waals surface area contributed by atoms with Crippen LogP contribution in [-0.2, 0) is 86.4 Å². The van der Waals surface area contributed by atoms with Gasteiger partial charge in [0.15, 0.2) is 0 Å². The third-order valence-electron chi connectivity index (χ3n) is 27.8. The number of aromatic hydroxyl groups is 1. The molecule has 21 N–H and O–H groups in total. The van der Waals surface area contributed by atoms with E-state index in [0.717, 1.165) is 39.1 Å². The number of phenolic OH excluding ortho intramolecular Hbond substituents is 1. The minimum Gasteiger partial charge on any atom is -0.508 e. The summed E-state index contributed by atoms with van der Waals surface area (Å²) in [5, 5.41) is 70.3. The van der Waals surface area contributed by atoms with Crippen molar-refractivity contribution in [2.24, 2.45) is 76.7 Å². The molecule has 0 aromatic heterocycles. The van der Waals surface area contributed by atoms with E-state index in [0.29, 0.717) is 89.4 Å². The first-order valence-corrected chi connectivity index (χ1v) is 46.9. The Morgan fingerprint density at radius 1 is 0.369 bits per heavy atom. The average Bonchev–Trinajstić information content (AvgIpc) is 1.70. The summed E-state index contributed by atoms with van der Waals surface area (Å²) in [4.78, 5) is 196. The molecular formula is C96H133N19O15. The molecule has 34 nitrogen and oxygen atoms in total. The monoisotopic (exact) mass is 1790 g/mol. The Kier molecular flexibility index (Phi) is 33.8. The first-order chi connectivity index (χ1) is 62.6. The number of rotatable bonds is 40. The van der Waals surface area contributed by atoms with Gasteiger partial charge in [-0.25, -0.2) is 0 Å². The second-order valence-electron chi connectivity index (χ2n) is 38.1. The van der Waals surface area contributed by atoms with Gasteiger partial charge in [-0.1, -0.05) is 144 Å². The first-order valence-electron chi connectivity index (χ1n) is 46.9.